The minimum absolute atomic E-state index is 0.118. The zero-order valence-corrected chi connectivity index (χ0v) is 8.67. The molecule has 1 aliphatic rings. The van der Waals surface area contributed by atoms with E-state index >= 15 is 0 Å². The highest BCUT2D eigenvalue weighted by Gasteiger charge is 2.29. The van der Waals surface area contributed by atoms with E-state index in [2.05, 4.69) is 32.6 Å². The minimum Gasteiger partial charge on any atom is -0.392 e. The Hall–Kier alpha value is -0.0800. The van der Waals surface area contributed by atoms with Crippen molar-refractivity contribution in [2.24, 2.45) is 5.92 Å². The van der Waals surface area contributed by atoms with Crippen LogP contribution in [0.5, 0.6) is 0 Å². The average molecular weight is 171 g/mol. The summed E-state index contributed by atoms with van der Waals surface area (Å²) >= 11 is 0. The molecule has 1 heterocycles. The van der Waals surface area contributed by atoms with Gasteiger partial charge in [0.1, 0.15) is 0 Å². The monoisotopic (exact) mass is 171 g/mol. The number of aliphatic hydroxyl groups is 1. The summed E-state index contributed by atoms with van der Waals surface area (Å²) in [5, 5.41) is 9.57. The molecule has 2 heteroatoms. The van der Waals surface area contributed by atoms with Crippen molar-refractivity contribution in [1.29, 1.82) is 0 Å². The van der Waals surface area contributed by atoms with Crippen molar-refractivity contribution in [1.82, 2.24) is 4.90 Å². The Labute approximate surface area is 75.6 Å². The van der Waals surface area contributed by atoms with Gasteiger partial charge in [0.25, 0.3) is 0 Å². The van der Waals surface area contributed by atoms with Crippen molar-refractivity contribution in [2.75, 3.05) is 13.1 Å². The van der Waals surface area contributed by atoms with Crippen LogP contribution >= 0.6 is 0 Å². The van der Waals surface area contributed by atoms with Crippen molar-refractivity contribution < 1.29 is 5.11 Å². The Morgan fingerprint density at radius 1 is 1.25 bits per heavy atom. The van der Waals surface area contributed by atoms with Crippen molar-refractivity contribution in [3.63, 3.8) is 0 Å². The third-order valence-corrected chi connectivity index (χ3v) is 2.59. The van der Waals surface area contributed by atoms with E-state index in [0.717, 1.165) is 19.5 Å². The van der Waals surface area contributed by atoms with E-state index in [1.165, 1.54) is 0 Å². The Morgan fingerprint density at radius 2 is 1.83 bits per heavy atom. The summed E-state index contributed by atoms with van der Waals surface area (Å²) < 4.78 is 0. The van der Waals surface area contributed by atoms with Gasteiger partial charge in [0.05, 0.1) is 6.10 Å². The van der Waals surface area contributed by atoms with Crippen LogP contribution in [-0.4, -0.2) is 34.7 Å². The first-order chi connectivity index (χ1) is 5.39. The number of aliphatic hydroxyl groups excluding tert-OH is 1. The summed E-state index contributed by atoms with van der Waals surface area (Å²) in [7, 11) is 0. The maximum absolute atomic E-state index is 9.57. The number of hydrogen-bond acceptors (Lipinski definition) is 2. The van der Waals surface area contributed by atoms with Gasteiger partial charge in [-0.05, 0) is 33.1 Å². The van der Waals surface area contributed by atoms with Crippen molar-refractivity contribution in [3.05, 3.63) is 0 Å². The maximum Gasteiger partial charge on any atom is 0.0670 e. The Morgan fingerprint density at radius 3 is 2.25 bits per heavy atom. The standard InChI is InChI=1S/C10H21NO/c1-8-5-9(12)7-11(6-8)10(2,3)4/h8-9,12H,5-7H2,1-4H3/t8-,9-/m1/s1. The number of hydrogen-bond donors (Lipinski definition) is 1. The highest BCUT2D eigenvalue weighted by Crippen LogP contribution is 2.23. The molecule has 1 rings (SSSR count). The first-order valence-electron chi connectivity index (χ1n) is 4.82. The first kappa shape index (κ1) is 10.0. The lowest BCUT2D eigenvalue weighted by atomic mass is 9.93. The molecule has 0 radical (unpaired) electrons. The van der Waals surface area contributed by atoms with Gasteiger partial charge in [-0.3, -0.25) is 4.90 Å². The van der Waals surface area contributed by atoms with Crippen LogP contribution in [0.3, 0.4) is 0 Å². The molecule has 2 atom stereocenters. The molecule has 0 aromatic heterocycles. The van der Waals surface area contributed by atoms with Gasteiger partial charge in [-0.2, -0.15) is 0 Å². The van der Waals surface area contributed by atoms with Gasteiger partial charge in [-0.25, -0.2) is 0 Å². The van der Waals surface area contributed by atoms with E-state index in [4.69, 9.17) is 0 Å². The molecular weight excluding hydrogens is 150 g/mol. The molecule has 1 aliphatic heterocycles. The Kier molecular flexibility index (Phi) is 2.79. The molecule has 0 bridgehead atoms. The molecule has 0 spiro atoms. The van der Waals surface area contributed by atoms with E-state index in [-0.39, 0.29) is 11.6 Å². The lowest BCUT2D eigenvalue weighted by Crippen LogP contribution is -2.51. The molecule has 0 saturated carbocycles. The van der Waals surface area contributed by atoms with Crippen LogP contribution in [0, 0.1) is 5.92 Å². The van der Waals surface area contributed by atoms with Gasteiger partial charge in [-0.1, -0.05) is 6.92 Å². The fraction of sp³-hybridized carbons (Fsp3) is 1.00. The zero-order chi connectivity index (χ0) is 9.35. The molecule has 1 fully saturated rings. The van der Waals surface area contributed by atoms with Crippen LogP contribution in [0.25, 0.3) is 0 Å². The molecule has 2 nitrogen and oxygen atoms in total. The van der Waals surface area contributed by atoms with Gasteiger partial charge in [0, 0.05) is 18.6 Å². The number of likely N-dealkylation sites (tertiary alicyclic amines) is 1. The van der Waals surface area contributed by atoms with Crippen molar-refractivity contribution in [3.8, 4) is 0 Å². The summed E-state index contributed by atoms with van der Waals surface area (Å²) in [6.45, 7) is 10.8. The van der Waals surface area contributed by atoms with Crippen molar-refractivity contribution in [2.45, 2.75) is 45.8 Å². The second-order valence-corrected chi connectivity index (χ2v) is 5.07. The number of nitrogens with zero attached hydrogens (tertiary/aromatic N) is 1. The molecule has 0 aromatic rings. The van der Waals surface area contributed by atoms with E-state index in [9.17, 15) is 5.11 Å². The fourth-order valence-electron chi connectivity index (χ4n) is 1.87. The first-order valence-corrected chi connectivity index (χ1v) is 4.82. The predicted octanol–water partition coefficient (Wildman–Crippen LogP) is 1.49. The molecule has 12 heavy (non-hydrogen) atoms. The minimum atomic E-state index is -0.118. The molecule has 0 aliphatic carbocycles. The van der Waals surface area contributed by atoms with Gasteiger partial charge in [0.2, 0.25) is 0 Å². The van der Waals surface area contributed by atoms with E-state index in [0.29, 0.717) is 5.92 Å². The molecule has 0 aromatic carbocycles. The van der Waals surface area contributed by atoms with Crippen LogP contribution in [0.2, 0.25) is 0 Å². The third kappa shape index (κ3) is 2.46. The van der Waals surface area contributed by atoms with Gasteiger partial charge in [-0.15, -0.1) is 0 Å². The number of piperidine rings is 1. The smallest absolute Gasteiger partial charge is 0.0670 e. The Balaban J connectivity index is 2.55. The number of β-amino-alcohol motifs (C(OH)–C–C–N with tert-alkyl or cyclic N) is 1. The van der Waals surface area contributed by atoms with Crippen LogP contribution < -0.4 is 0 Å². The van der Waals surface area contributed by atoms with E-state index < -0.39 is 0 Å². The zero-order valence-electron chi connectivity index (χ0n) is 8.67. The van der Waals surface area contributed by atoms with Crippen LogP contribution in [-0.2, 0) is 0 Å². The van der Waals surface area contributed by atoms with Crippen molar-refractivity contribution >= 4 is 0 Å². The summed E-state index contributed by atoms with van der Waals surface area (Å²) in [5.41, 5.74) is 0.204. The highest BCUT2D eigenvalue weighted by molar-refractivity contribution is 4.84. The molecule has 72 valence electrons. The summed E-state index contributed by atoms with van der Waals surface area (Å²) in [6.07, 6.45) is 0.847. The third-order valence-electron chi connectivity index (χ3n) is 2.59. The van der Waals surface area contributed by atoms with Crippen LogP contribution in [0.1, 0.15) is 34.1 Å². The van der Waals surface area contributed by atoms with Crippen LogP contribution in [0.4, 0.5) is 0 Å². The van der Waals surface area contributed by atoms with E-state index in [1.807, 2.05) is 0 Å². The highest BCUT2D eigenvalue weighted by atomic mass is 16.3. The van der Waals surface area contributed by atoms with Gasteiger partial charge < -0.3 is 5.11 Å². The van der Waals surface area contributed by atoms with E-state index in [1.54, 1.807) is 0 Å². The maximum atomic E-state index is 9.57. The second-order valence-electron chi connectivity index (χ2n) is 5.07. The molecule has 1 N–H and O–H groups in total. The van der Waals surface area contributed by atoms with Crippen LogP contribution in [0.15, 0.2) is 0 Å². The summed E-state index contributed by atoms with van der Waals surface area (Å²) in [5.74, 6) is 0.632. The van der Waals surface area contributed by atoms with Gasteiger partial charge >= 0.3 is 0 Å². The second kappa shape index (κ2) is 3.35. The average Bonchev–Trinajstić information content (AvgIpc) is 1.82. The summed E-state index contributed by atoms with van der Waals surface area (Å²) in [6, 6.07) is 0. The predicted molar refractivity (Wildman–Crippen MR) is 51.1 cm³/mol. The number of rotatable bonds is 0. The largest absolute Gasteiger partial charge is 0.392 e. The fourth-order valence-corrected chi connectivity index (χ4v) is 1.87. The lowest BCUT2D eigenvalue weighted by Gasteiger charge is -2.42. The molecular formula is C10H21NO. The normalized spacial score (nSPS) is 33.8. The topological polar surface area (TPSA) is 23.5 Å². The molecule has 0 amide bonds. The summed E-state index contributed by atoms with van der Waals surface area (Å²) in [4.78, 5) is 2.37. The molecule has 0 unspecified atom stereocenters. The Bertz CT molecular complexity index is 140. The quantitative estimate of drug-likeness (QED) is 0.597. The SMILES string of the molecule is C[C@@H]1C[C@@H](O)CN(C(C)(C)C)C1. The lowest BCUT2D eigenvalue weighted by molar-refractivity contribution is -0.000328. The van der Waals surface area contributed by atoms with Gasteiger partial charge in [0.15, 0.2) is 0 Å². The molecule has 1 saturated heterocycles.